The van der Waals surface area contributed by atoms with Crippen molar-refractivity contribution >= 4 is 12.0 Å². The number of carbonyl (C=O) groups is 2. The number of aliphatic hydroxyl groups excluding tert-OH is 1. The SMILES string of the molecule is CCCCN(CCO)C(=O)N1CCN(CC(=O)O)CC1. The molecular formula is C13H25N3O4. The lowest BCUT2D eigenvalue weighted by Gasteiger charge is -2.36. The maximum absolute atomic E-state index is 12.3. The van der Waals surface area contributed by atoms with Crippen molar-refractivity contribution in [1.82, 2.24) is 14.7 Å². The van der Waals surface area contributed by atoms with Gasteiger partial charge in [0.1, 0.15) is 0 Å². The maximum Gasteiger partial charge on any atom is 0.320 e. The van der Waals surface area contributed by atoms with E-state index in [-0.39, 0.29) is 19.2 Å². The number of unbranched alkanes of at least 4 members (excludes halogenated alkanes) is 1. The summed E-state index contributed by atoms with van der Waals surface area (Å²) in [5.41, 5.74) is 0. The Labute approximate surface area is 119 Å². The molecule has 0 radical (unpaired) electrons. The third kappa shape index (κ3) is 5.34. The number of carbonyl (C=O) groups excluding carboxylic acids is 1. The molecule has 0 unspecified atom stereocenters. The van der Waals surface area contributed by atoms with Crippen molar-refractivity contribution in [2.24, 2.45) is 0 Å². The minimum Gasteiger partial charge on any atom is -0.480 e. The van der Waals surface area contributed by atoms with Crippen LogP contribution in [0.2, 0.25) is 0 Å². The number of urea groups is 1. The third-order valence-corrected chi connectivity index (χ3v) is 3.42. The number of aliphatic carboxylic acids is 1. The molecule has 1 heterocycles. The molecule has 1 aliphatic heterocycles. The summed E-state index contributed by atoms with van der Waals surface area (Å²) in [6.45, 7) is 5.32. The van der Waals surface area contributed by atoms with Crippen molar-refractivity contribution < 1.29 is 19.8 Å². The average Bonchev–Trinajstić information content (AvgIpc) is 2.43. The highest BCUT2D eigenvalue weighted by Gasteiger charge is 2.25. The Kier molecular flexibility index (Phi) is 7.32. The van der Waals surface area contributed by atoms with Gasteiger partial charge in [-0.1, -0.05) is 13.3 Å². The Bertz CT molecular complexity index is 317. The number of hydrogen-bond acceptors (Lipinski definition) is 4. The number of carboxylic acid groups (broad SMARTS) is 1. The minimum absolute atomic E-state index is 0.0260. The molecule has 20 heavy (non-hydrogen) atoms. The molecule has 0 saturated carbocycles. The summed E-state index contributed by atoms with van der Waals surface area (Å²) in [6, 6.07) is -0.0533. The van der Waals surface area contributed by atoms with Crippen LogP contribution < -0.4 is 0 Å². The second-order valence-corrected chi connectivity index (χ2v) is 5.00. The molecule has 7 nitrogen and oxygen atoms in total. The van der Waals surface area contributed by atoms with Gasteiger partial charge in [-0.25, -0.2) is 4.79 Å². The number of aliphatic hydroxyl groups is 1. The number of carboxylic acids is 1. The maximum atomic E-state index is 12.3. The molecule has 2 amide bonds. The molecule has 0 aromatic heterocycles. The van der Waals surface area contributed by atoms with E-state index in [0.29, 0.717) is 39.3 Å². The van der Waals surface area contributed by atoms with Crippen molar-refractivity contribution in [2.75, 3.05) is 52.4 Å². The molecular weight excluding hydrogens is 262 g/mol. The first kappa shape index (κ1) is 16.7. The molecule has 116 valence electrons. The Morgan fingerprint density at radius 1 is 1.15 bits per heavy atom. The number of piperazine rings is 1. The first-order valence-electron chi connectivity index (χ1n) is 7.17. The van der Waals surface area contributed by atoms with Gasteiger partial charge in [-0.15, -0.1) is 0 Å². The predicted octanol–water partition coefficient (Wildman–Crippen LogP) is -0.0970. The van der Waals surface area contributed by atoms with Crippen LogP contribution in [0.3, 0.4) is 0 Å². The smallest absolute Gasteiger partial charge is 0.320 e. The van der Waals surface area contributed by atoms with Gasteiger partial charge in [0.2, 0.25) is 0 Å². The zero-order valence-electron chi connectivity index (χ0n) is 12.1. The topological polar surface area (TPSA) is 84.3 Å². The largest absolute Gasteiger partial charge is 0.480 e. The zero-order chi connectivity index (χ0) is 15.0. The molecule has 0 atom stereocenters. The van der Waals surface area contributed by atoms with Gasteiger partial charge in [-0.2, -0.15) is 0 Å². The van der Waals surface area contributed by atoms with E-state index in [1.54, 1.807) is 9.80 Å². The number of amides is 2. The van der Waals surface area contributed by atoms with Gasteiger partial charge in [0.15, 0.2) is 0 Å². The van der Waals surface area contributed by atoms with Crippen LogP contribution in [0.25, 0.3) is 0 Å². The summed E-state index contributed by atoms with van der Waals surface area (Å²) in [5, 5.41) is 17.8. The lowest BCUT2D eigenvalue weighted by atomic mass is 10.3. The van der Waals surface area contributed by atoms with Gasteiger partial charge in [-0.05, 0) is 6.42 Å². The van der Waals surface area contributed by atoms with E-state index in [1.165, 1.54) is 0 Å². The predicted molar refractivity (Wildman–Crippen MR) is 74.6 cm³/mol. The van der Waals surface area contributed by atoms with Crippen LogP contribution in [0, 0.1) is 0 Å². The number of rotatable bonds is 7. The van der Waals surface area contributed by atoms with Crippen LogP contribution >= 0.6 is 0 Å². The van der Waals surface area contributed by atoms with Crippen molar-refractivity contribution in [3.8, 4) is 0 Å². The quantitative estimate of drug-likeness (QED) is 0.683. The summed E-state index contributed by atoms with van der Waals surface area (Å²) in [5.74, 6) is -0.838. The van der Waals surface area contributed by atoms with Crippen molar-refractivity contribution in [3.05, 3.63) is 0 Å². The molecule has 0 spiro atoms. The van der Waals surface area contributed by atoms with Crippen molar-refractivity contribution in [1.29, 1.82) is 0 Å². The van der Waals surface area contributed by atoms with Gasteiger partial charge in [-0.3, -0.25) is 9.69 Å². The van der Waals surface area contributed by atoms with Crippen LogP contribution in [0.4, 0.5) is 4.79 Å². The van der Waals surface area contributed by atoms with Crippen molar-refractivity contribution in [3.63, 3.8) is 0 Å². The highest BCUT2D eigenvalue weighted by atomic mass is 16.4. The van der Waals surface area contributed by atoms with Crippen molar-refractivity contribution in [2.45, 2.75) is 19.8 Å². The van der Waals surface area contributed by atoms with Gasteiger partial charge in [0.05, 0.1) is 13.2 Å². The standard InChI is InChI=1S/C13H25N3O4/c1-2-3-4-15(9-10-17)13(20)16-7-5-14(6-8-16)11-12(18)19/h17H,2-11H2,1H3,(H,18,19). The highest BCUT2D eigenvalue weighted by molar-refractivity contribution is 5.74. The Hall–Kier alpha value is -1.34. The molecule has 0 aliphatic carbocycles. The molecule has 0 bridgehead atoms. The molecule has 1 aliphatic rings. The van der Waals surface area contributed by atoms with E-state index in [0.717, 1.165) is 12.8 Å². The van der Waals surface area contributed by atoms with Gasteiger partial charge in [0.25, 0.3) is 0 Å². The van der Waals surface area contributed by atoms with E-state index in [4.69, 9.17) is 10.2 Å². The van der Waals surface area contributed by atoms with E-state index in [9.17, 15) is 9.59 Å². The van der Waals surface area contributed by atoms with Gasteiger partial charge in [0, 0.05) is 39.3 Å². The first-order valence-corrected chi connectivity index (χ1v) is 7.17. The lowest BCUT2D eigenvalue weighted by Crippen LogP contribution is -2.54. The Morgan fingerprint density at radius 2 is 1.80 bits per heavy atom. The second-order valence-electron chi connectivity index (χ2n) is 5.00. The molecule has 1 rings (SSSR count). The lowest BCUT2D eigenvalue weighted by molar-refractivity contribution is -0.138. The highest BCUT2D eigenvalue weighted by Crippen LogP contribution is 2.07. The molecule has 1 saturated heterocycles. The molecule has 0 aromatic carbocycles. The van der Waals surface area contributed by atoms with E-state index in [2.05, 4.69) is 6.92 Å². The summed E-state index contributed by atoms with van der Waals surface area (Å²) in [7, 11) is 0. The van der Waals surface area contributed by atoms with Gasteiger partial charge < -0.3 is 20.0 Å². The van der Waals surface area contributed by atoms with E-state index < -0.39 is 5.97 Å². The Morgan fingerprint density at radius 3 is 2.30 bits per heavy atom. The molecule has 2 N–H and O–H groups in total. The summed E-state index contributed by atoms with van der Waals surface area (Å²) >= 11 is 0. The number of hydrogen-bond donors (Lipinski definition) is 2. The summed E-state index contributed by atoms with van der Waals surface area (Å²) in [6.07, 6.45) is 1.92. The Balaban J connectivity index is 2.44. The average molecular weight is 287 g/mol. The van der Waals surface area contributed by atoms with Crippen LogP contribution in [0.5, 0.6) is 0 Å². The summed E-state index contributed by atoms with van der Waals surface area (Å²) in [4.78, 5) is 28.2. The van der Waals surface area contributed by atoms with E-state index in [1.807, 2.05) is 4.90 Å². The van der Waals surface area contributed by atoms with Crippen LogP contribution in [0.1, 0.15) is 19.8 Å². The monoisotopic (exact) mass is 287 g/mol. The molecule has 7 heteroatoms. The van der Waals surface area contributed by atoms with E-state index >= 15 is 0 Å². The normalized spacial score (nSPS) is 16.2. The van der Waals surface area contributed by atoms with Crippen LogP contribution in [-0.4, -0.2) is 89.3 Å². The fourth-order valence-electron chi connectivity index (χ4n) is 2.26. The van der Waals surface area contributed by atoms with Crippen LogP contribution in [0.15, 0.2) is 0 Å². The fraction of sp³-hybridized carbons (Fsp3) is 0.846. The number of nitrogens with zero attached hydrogens (tertiary/aromatic N) is 3. The second kappa shape index (κ2) is 8.76. The molecule has 1 fully saturated rings. The fourth-order valence-corrected chi connectivity index (χ4v) is 2.26. The first-order chi connectivity index (χ1) is 9.58. The summed E-state index contributed by atoms with van der Waals surface area (Å²) < 4.78 is 0. The minimum atomic E-state index is -0.838. The third-order valence-electron chi connectivity index (χ3n) is 3.42. The zero-order valence-corrected chi connectivity index (χ0v) is 12.1. The van der Waals surface area contributed by atoms with Gasteiger partial charge >= 0.3 is 12.0 Å². The van der Waals surface area contributed by atoms with Crippen LogP contribution in [-0.2, 0) is 4.79 Å². The molecule has 0 aromatic rings.